The quantitative estimate of drug-likeness (QED) is 0.282. The Hall–Kier alpha value is 1.01. The second-order valence-electron chi connectivity index (χ2n) is 2.29. The number of halogens is 4. The van der Waals surface area contributed by atoms with Crippen molar-refractivity contribution in [1.82, 2.24) is 0 Å². The van der Waals surface area contributed by atoms with Crippen LogP contribution in [0.25, 0.3) is 0 Å². The van der Waals surface area contributed by atoms with Crippen LogP contribution in [0.3, 0.4) is 0 Å². The first kappa shape index (κ1) is 18.4. The van der Waals surface area contributed by atoms with E-state index >= 15 is 0 Å². The number of rotatable bonds is 2. The third-order valence-corrected chi connectivity index (χ3v) is 2.47. The smallest absolute Gasteiger partial charge is 0.376 e. The topological polar surface area (TPSA) is 17.1 Å². The number of benzene rings is 1. The summed E-state index contributed by atoms with van der Waals surface area (Å²) in [5.41, 5.74) is -0.430. The molecule has 1 rings (SSSR count). The minimum absolute atomic E-state index is 0. The van der Waals surface area contributed by atoms with Gasteiger partial charge in [-0.1, -0.05) is 27.6 Å². The predicted octanol–water partition coefficient (Wildman–Crippen LogP) is 3.84. The summed E-state index contributed by atoms with van der Waals surface area (Å²) in [5.74, 6) is 0. The van der Waals surface area contributed by atoms with Gasteiger partial charge in [-0.3, -0.25) is 0 Å². The van der Waals surface area contributed by atoms with Crippen molar-refractivity contribution in [2.75, 3.05) is 0 Å². The summed E-state index contributed by atoms with van der Waals surface area (Å²) >= 11 is 4.05. The van der Waals surface area contributed by atoms with Crippen molar-refractivity contribution < 1.29 is 44.7 Å². The molecule has 0 aliphatic heterocycles. The molecule has 0 N–H and O–H groups in total. The molecule has 6 heteroatoms. The fourth-order valence-electron chi connectivity index (χ4n) is 0.848. The first-order valence-electron chi connectivity index (χ1n) is 3.20. The number of hydrogen-bond donors (Lipinski definition) is 0. The molecule has 1 aromatic rings. The van der Waals surface area contributed by atoms with Crippen molar-refractivity contribution in [2.45, 2.75) is 3.93 Å². The van der Waals surface area contributed by atoms with Gasteiger partial charge in [0.25, 0.3) is 3.93 Å². The van der Waals surface area contributed by atoms with Crippen LogP contribution in [0.4, 0.5) is 8.78 Å². The molecule has 80 valence electrons. The van der Waals surface area contributed by atoms with Gasteiger partial charge in [0.2, 0.25) is 0 Å². The molecular formula is C9H6BrF2IOU. The van der Waals surface area contributed by atoms with Crippen LogP contribution in [-0.4, -0.2) is 6.29 Å². The molecule has 0 aliphatic carbocycles. The van der Waals surface area contributed by atoms with Crippen molar-refractivity contribution in [2.24, 2.45) is 0 Å². The molecular weight excluding hydrogens is 607 g/mol. The molecule has 0 heterocycles. The van der Waals surface area contributed by atoms with Crippen molar-refractivity contribution in [3.63, 3.8) is 0 Å². The molecule has 0 spiro atoms. The van der Waals surface area contributed by atoms with E-state index in [-0.39, 0.29) is 49.7 Å². The SMILES string of the molecule is O=[C-]c1cc(Br)ccc1C(F)(F)I.[CH3-].[U+2]. The van der Waals surface area contributed by atoms with Crippen molar-refractivity contribution in [3.05, 3.63) is 41.2 Å². The zero-order valence-corrected chi connectivity index (χ0v) is 15.6. The molecule has 1 nitrogen and oxygen atoms in total. The summed E-state index contributed by atoms with van der Waals surface area (Å²) in [6.07, 6.45) is 1.48. The van der Waals surface area contributed by atoms with E-state index in [0.29, 0.717) is 4.47 Å². The molecule has 0 amide bonds. The second kappa shape index (κ2) is 7.36. The molecule has 0 unspecified atom stereocenters. The minimum atomic E-state index is -3.04. The molecule has 15 heavy (non-hydrogen) atoms. The van der Waals surface area contributed by atoms with Crippen LogP contribution in [0.2, 0.25) is 0 Å². The number of hydrogen-bond acceptors (Lipinski definition) is 1. The molecule has 0 fully saturated rings. The zero-order chi connectivity index (χ0) is 10.1. The molecule has 0 atom stereocenters. The molecule has 0 aromatic heterocycles. The standard InChI is InChI=1S/C8H3BrF2IO.CH3.U/c9-6-1-2-7(8(10,11)12)5(3-6)4-13;;/h1-3H;1H3;/q2*-1;+2. The van der Waals surface area contributed by atoms with E-state index in [9.17, 15) is 13.6 Å². The Balaban J connectivity index is 0. The summed E-state index contributed by atoms with van der Waals surface area (Å²) in [4.78, 5) is 10.3. The number of carbonyl (C=O) groups excluding carboxylic acids is 1. The van der Waals surface area contributed by atoms with Gasteiger partial charge < -0.3 is 12.2 Å². The number of alkyl halides is 3. The van der Waals surface area contributed by atoms with Crippen LogP contribution in [0.1, 0.15) is 11.1 Å². The van der Waals surface area contributed by atoms with Gasteiger partial charge in [0.05, 0.1) is 6.29 Å². The van der Waals surface area contributed by atoms with Gasteiger partial charge in [0, 0.05) is 0 Å². The Bertz CT molecular complexity index is 341. The third-order valence-electron chi connectivity index (χ3n) is 1.40. The van der Waals surface area contributed by atoms with Gasteiger partial charge in [0.1, 0.15) is 0 Å². The Kier molecular flexibility index (Phi) is 9.02. The van der Waals surface area contributed by atoms with E-state index in [1.807, 2.05) is 0 Å². The van der Waals surface area contributed by atoms with E-state index < -0.39 is 3.93 Å². The van der Waals surface area contributed by atoms with E-state index in [1.54, 1.807) is 0 Å². The molecule has 1 aromatic carbocycles. The first-order valence-corrected chi connectivity index (χ1v) is 5.07. The zero-order valence-electron chi connectivity index (χ0n) is 7.65. The van der Waals surface area contributed by atoms with Gasteiger partial charge in [-0.25, -0.2) is 8.78 Å². The summed E-state index contributed by atoms with van der Waals surface area (Å²) in [6, 6.07) is 3.98. The van der Waals surface area contributed by atoms with Crippen molar-refractivity contribution in [1.29, 1.82) is 0 Å². The van der Waals surface area contributed by atoms with Gasteiger partial charge in [-0.05, 0) is 27.1 Å². The summed E-state index contributed by atoms with van der Waals surface area (Å²) in [7, 11) is 0. The van der Waals surface area contributed by atoms with Crippen molar-refractivity contribution >= 4 is 44.8 Å². The van der Waals surface area contributed by atoms with Gasteiger partial charge in [-0.2, -0.15) is 0 Å². The minimum Gasteiger partial charge on any atom is -0.376 e. The second-order valence-corrected chi connectivity index (χ2v) is 4.56. The van der Waals surface area contributed by atoms with E-state index in [0.717, 1.165) is 22.6 Å². The van der Waals surface area contributed by atoms with Crippen molar-refractivity contribution in [3.8, 4) is 0 Å². The van der Waals surface area contributed by atoms with Crippen LogP contribution >= 0.6 is 38.5 Å². The summed E-state index contributed by atoms with van der Waals surface area (Å²) in [5, 5.41) is 0. The van der Waals surface area contributed by atoms with Gasteiger partial charge >= 0.3 is 31.1 Å². The van der Waals surface area contributed by atoms with Gasteiger partial charge in [-0.15, -0.1) is 17.7 Å². The van der Waals surface area contributed by atoms with E-state index in [2.05, 4.69) is 15.9 Å². The van der Waals surface area contributed by atoms with E-state index in [1.165, 1.54) is 24.5 Å². The Morgan fingerprint density at radius 1 is 1.40 bits per heavy atom. The fraction of sp³-hybridized carbons (Fsp3) is 0.111. The maximum atomic E-state index is 12.8. The largest absolute Gasteiger partial charge is 2.00 e. The molecule has 0 saturated carbocycles. The first-order chi connectivity index (χ1) is 5.95. The predicted molar refractivity (Wildman–Crippen MR) is 63.3 cm³/mol. The molecule has 0 aliphatic rings. The molecule has 0 saturated heterocycles. The summed E-state index contributed by atoms with van der Waals surface area (Å²) < 4.78 is 23.2. The Labute approximate surface area is 133 Å². The van der Waals surface area contributed by atoms with Crippen LogP contribution in [0.15, 0.2) is 22.7 Å². The van der Waals surface area contributed by atoms with Crippen LogP contribution < -0.4 is 0 Å². The average Bonchev–Trinajstić information content (AvgIpc) is 2.01. The Morgan fingerprint density at radius 3 is 2.33 bits per heavy atom. The molecule has 0 bridgehead atoms. The van der Waals surface area contributed by atoms with E-state index in [4.69, 9.17) is 0 Å². The maximum absolute atomic E-state index is 12.8. The van der Waals surface area contributed by atoms with Gasteiger partial charge in [0.15, 0.2) is 0 Å². The Morgan fingerprint density at radius 2 is 1.93 bits per heavy atom. The fourth-order valence-corrected chi connectivity index (χ4v) is 1.68. The van der Waals surface area contributed by atoms with Crippen LogP contribution in [0.5, 0.6) is 0 Å². The monoisotopic (exact) mass is 612 g/mol. The normalized spacial score (nSPS) is 9.87. The average molecular weight is 613 g/mol. The van der Waals surface area contributed by atoms with Crippen LogP contribution in [0, 0.1) is 38.5 Å². The molecule has 0 radical (unpaired) electrons. The third kappa shape index (κ3) is 5.25. The summed E-state index contributed by atoms with van der Waals surface area (Å²) in [6.45, 7) is 0. The van der Waals surface area contributed by atoms with Crippen LogP contribution in [-0.2, 0) is 8.72 Å². The maximum Gasteiger partial charge on any atom is 2.00 e.